The first-order valence-electron chi connectivity index (χ1n) is 0. The maximum absolute atomic E-state index is 0. The molecule has 3 nitrogen and oxygen atoms in total. The molecule has 0 spiro atoms. The Labute approximate surface area is 56.9 Å². The average Bonchev–Trinajstić information content (AvgIpc) is 0. The second-order valence-corrected chi connectivity index (χ2v) is 0. The van der Waals surface area contributed by atoms with Crippen LogP contribution in [-0.4, -0.2) is 23.9 Å². The normalized spacial score (nSPS) is 0. The van der Waals surface area contributed by atoms with Crippen LogP contribution in [0.2, 0.25) is 0 Å². The molecule has 5 heavy (non-hydrogen) atoms. The molecule has 0 fully saturated rings. The van der Waals surface area contributed by atoms with Gasteiger partial charge in [0.1, 0.15) is 0 Å². The molecule has 0 aliphatic heterocycles. The number of hydrogen-bond acceptors (Lipinski definition) is 0. The van der Waals surface area contributed by atoms with Crippen LogP contribution in [0.1, 0.15) is 0 Å². The quantitative estimate of drug-likeness (QED) is 0.486. The summed E-state index contributed by atoms with van der Waals surface area (Å²) in [5.41, 5.74) is 0. The summed E-state index contributed by atoms with van der Waals surface area (Å²) in [5, 5.41) is 0. The van der Waals surface area contributed by atoms with E-state index < -0.39 is 0 Å². The van der Waals surface area contributed by atoms with Crippen molar-refractivity contribution < 1.29 is 32.9 Å². The second kappa shape index (κ2) is 65.5. The van der Waals surface area contributed by atoms with Crippen molar-refractivity contribution in [1.29, 1.82) is 0 Å². The Kier molecular flexibility index (Phi) is 1570. The fourth-order valence-corrected chi connectivity index (χ4v) is 0. The van der Waals surface area contributed by atoms with E-state index in [1.165, 1.54) is 0 Å². The van der Waals surface area contributed by atoms with Gasteiger partial charge in [-0.15, -0.1) is 0 Å². The van der Waals surface area contributed by atoms with Gasteiger partial charge < -0.3 is 16.4 Å². The van der Waals surface area contributed by atoms with E-state index in [1.807, 2.05) is 0 Å². The van der Waals surface area contributed by atoms with Gasteiger partial charge in [-0.1, -0.05) is 0 Å². The first-order chi connectivity index (χ1) is 0. The summed E-state index contributed by atoms with van der Waals surface area (Å²) in [4.78, 5) is 0. The fourth-order valence-electron chi connectivity index (χ4n) is 0. The fraction of sp³-hybridized carbons (Fsp3) is 0. The number of rotatable bonds is 0. The second-order valence-electron chi connectivity index (χ2n) is 0. The van der Waals surface area contributed by atoms with E-state index in [1.54, 1.807) is 0 Å². The Bertz CT molecular complexity index is 6.85. The molecule has 0 bridgehead atoms. The standard InChI is InChI=1S/Ni.3O.Sn/q+3;3*-2;+4. The molecule has 0 aromatic rings. The zero-order chi connectivity index (χ0) is 0. The van der Waals surface area contributed by atoms with E-state index in [4.69, 9.17) is 0 Å². The minimum absolute atomic E-state index is 0. The first kappa shape index (κ1) is 120. The third-order valence-electron chi connectivity index (χ3n) is 0. The minimum atomic E-state index is 0. The Morgan fingerprint density at radius 1 is 0.600 bits per heavy atom. The van der Waals surface area contributed by atoms with Crippen LogP contribution in [0.15, 0.2) is 0 Å². The van der Waals surface area contributed by atoms with Crippen LogP contribution in [0.25, 0.3) is 0 Å². The Morgan fingerprint density at radius 2 is 0.600 bits per heavy atom. The van der Waals surface area contributed by atoms with Crippen molar-refractivity contribution in [2.24, 2.45) is 0 Å². The molecule has 0 aromatic heterocycles. The summed E-state index contributed by atoms with van der Waals surface area (Å²) in [6.45, 7) is 0. The minimum Gasteiger partial charge on any atom is -2.00 e. The molecule has 0 N–H and O–H groups in total. The third kappa shape index (κ3) is 37.9. The molecule has 1 radical (unpaired) electrons. The molecule has 0 aliphatic rings. The largest absolute Gasteiger partial charge is 4.00 e. The zero-order valence-electron chi connectivity index (χ0n) is 2.04. The summed E-state index contributed by atoms with van der Waals surface area (Å²) in [6.07, 6.45) is 0. The van der Waals surface area contributed by atoms with Crippen LogP contribution in [0.5, 0.6) is 0 Å². The molecule has 0 rings (SSSR count). The molecule has 0 atom stereocenters. The third-order valence-corrected chi connectivity index (χ3v) is 0. The molecule has 0 amide bonds. The molecule has 0 saturated carbocycles. The monoisotopic (exact) mass is 226 g/mol. The molecule has 0 saturated heterocycles. The smallest absolute Gasteiger partial charge is 2.00 e. The predicted molar refractivity (Wildman–Crippen MR) is 7.81 cm³/mol. The zero-order valence-corrected chi connectivity index (χ0v) is 5.88. The van der Waals surface area contributed by atoms with E-state index in [9.17, 15) is 0 Å². The van der Waals surface area contributed by atoms with Crippen LogP contribution >= 0.6 is 0 Å². The van der Waals surface area contributed by atoms with Crippen molar-refractivity contribution in [2.75, 3.05) is 0 Å². The SMILES string of the molecule is [Ni+3].[O-2].[O-2].[O-2].[Sn+4]. The van der Waals surface area contributed by atoms with Gasteiger partial charge in [-0.3, -0.25) is 0 Å². The molecule has 5 heteroatoms. The van der Waals surface area contributed by atoms with Crippen LogP contribution in [0, 0.1) is 0 Å². The molecular weight excluding hydrogens is 225 g/mol. The van der Waals surface area contributed by atoms with Gasteiger partial charge in [-0.25, -0.2) is 0 Å². The molecule has 0 unspecified atom stereocenters. The van der Waals surface area contributed by atoms with Gasteiger partial charge in [-0.05, 0) is 0 Å². The summed E-state index contributed by atoms with van der Waals surface area (Å²) < 4.78 is 0. The van der Waals surface area contributed by atoms with Crippen molar-refractivity contribution in [3.05, 3.63) is 0 Å². The van der Waals surface area contributed by atoms with Crippen LogP contribution in [0.4, 0.5) is 0 Å². The van der Waals surface area contributed by atoms with E-state index in [-0.39, 0.29) is 56.8 Å². The van der Waals surface area contributed by atoms with Crippen molar-refractivity contribution in [1.82, 2.24) is 0 Å². The van der Waals surface area contributed by atoms with E-state index in [2.05, 4.69) is 0 Å². The molecule has 0 heterocycles. The molecular formula is NiO3Sn+. The summed E-state index contributed by atoms with van der Waals surface area (Å²) in [7, 11) is 0. The molecule has 0 aliphatic carbocycles. The Hall–Kier alpha value is 1.17. The maximum Gasteiger partial charge on any atom is 4.00 e. The van der Waals surface area contributed by atoms with E-state index >= 15 is 0 Å². The van der Waals surface area contributed by atoms with Crippen molar-refractivity contribution in [2.45, 2.75) is 0 Å². The summed E-state index contributed by atoms with van der Waals surface area (Å²) >= 11 is 0. The first-order valence-corrected chi connectivity index (χ1v) is 0. The topological polar surface area (TPSA) is 85.5 Å². The van der Waals surface area contributed by atoms with Crippen LogP contribution in [0.3, 0.4) is 0 Å². The Morgan fingerprint density at radius 3 is 0.600 bits per heavy atom. The average molecular weight is 225 g/mol. The van der Waals surface area contributed by atoms with Gasteiger partial charge in [0.05, 0.1) is 0 Å². The van der Waals surface area contributed by atoms with Gasteiger partial charge in [0.15, 0.2) is 0 Å². The van der Waals surface area contributed by atoms with Gasteiger partial charge in [0, 0.05) is 0 Å². The Balaban J connectivity index is 0. The van der Waals surface area contributed by atoms with Crippen molar-refractivity contribution >= 4 is 23.9 Å². The van der Waals surface area contributed by atoms with Gasteiger partial charge in [0.2, 0.25) is 0 Å². The van der Waals surface area contributed by atoms with Gasteiger partial charge in [0.25, 0.3) is 0 Å². The van der Waals surface area contributed by atoms with Gasteiger partial charge in [-0.2, -0.15) is 0 Å². The summed E-state index contributed by atoms with van der Waals surface area (Å²) in [6, 6.07) is 0. The van der Waals surface area contributed by atoms with E-state index in [0.717, 1.165) is 0 Å². The van der Waals surface area contributed by atoms with Gasteiger partial charge >= 0.3 is 40.4 Å². The predicted octanol–water partition coefficient (Wildman–Crippen LogP) is -0.740. The number of hydrogen-bond donors (Lipinski definition) is 0. The molecule has 31 valence electrons. The van der Waals surface area contributed by atoms with Crippen molar-refractivity contribution in [3.63, 3.8) is 0 Å². The molecule has 0 aromatic carbocycles. The van der Waals surface area contributed by atoms with Crippen molar-refractivity contribution in [3.8, 4) is 0 Å². The maximum atomic E-state index is 0. The van der Waals surface area contributed by atoms with E-state index in [0.29, 0.717) is 0 Å². The van der Waals surface area contributed by atoms with Crippen LogP contribution < -0.4 is 0 Å². The summed E-state index contributed by atoms with van der Waals surface area (Å²) in [5.74, 6) is 0. The van der Waals surface area contributed by atoms with Crippen LogP contribution in [-0.2, 0) is 32.9 Å².